The molecule has 5 atom stereocenters. The van der Waals surface area contributed by atoms with Crippen LogP contribution < -0.4 is 5.32 Å². The van der Waals surface area contributed by atoms with Gasteiger partial charge in [-0.05, 0) is 67.8 Å². The van der Waals surface area contributed by atoms with E-state index in [0.717, 1.165) is 30.4 Å². The van der Waals surface area contributed by atoms with Crippen molar-refractivity contribution in [2.24, 2.45) is 11.8 Å². The molecule has 5 unspecified atom stereocenters. The van der Waals surface area contributed by atoms with Gasteiger partial charge in [-0.2, -0.15) is 0 Å². The Morgan fingerprint density at radius 1 is 1.28 bits per heavy atom. The van der Waals surface area contributed by atoms with E-state index in [2.05, 4.69) is 37.9 Å². The molecular formula is C23H35FN2O3. The number of rotatable bonds is 9. The molecular weight excluding hydrogens is 371 g/mol. The lowest BCUT2D eigenvalue weighted by molar-refractivity contribution is -0.140. The zero-order valence-electron chi connectivity index (χ0n) is 18.5. The van der Waals surface area contributed by atoms with Crippen LogP contribution in [-0.2, 0) is 11.2 Å². The molecule has 0 aliphatic heterocycles. The normalized spacial score (nSPS) is 20.1. The maximum atomic E-state index is 14.5. The van der Waals surface area contributed by atoms with Gasteiger partial charge in [-0.15, -0.1) is 0 Å². The van der Waals surface area contributed by atoms with Crippen molar-refractivity contribution in [3.05, 3.63) is 34.6 Å². The number of amides is 1. The third-order valence-electron chi connectivity index (χ3n) is 6.71. The Labute approximate surface area is 173 Å². The molecule has 2 N–H and O–H groups in total. The SMILES string of the molecule is CCC(C)C(C)N(C)CC(C)C(NC(=O)c1cc2c(cc1F)CCC2C)C(=O)O. The maximum Gasteiger partial charge on any atom is 0.326 e. The number of aliphatic carboxylic acids is 1. The Hall–Kier alpha value is -1.95. The summed E-state index contributed by atoms with van der Waals surface area (Å²) >= 11 is 0. The highest BCUT2D eigenvalue weighted by atomic mass is 19.1. The number of fused-ring (bicyclic) bond motifs is 1. The molecule has 6 heteroatoms. The smallest absolute Gasteiger partial charge is 0.326 e. The van der Waals surface area contributed by atoms with Gasteiger partial charge in [0.15, 0.2) is 0 Å². The molecule has 29 heavy (non-hydrogen) atoms. The van der Waals surface area contributed by atoms with E-state index >= 15 is 0 Å². The van der Waals surface area contributed by atoms with E-state index in [1.165, 1.54) is 6.07 Å². The minimum Gasteiger partial charge on any atom is -0.480 e. The van der Waals surface area contributed by atoms with Crippen LogP contribution in [0.5, 0.6) is 0 Å². The Kier molecular flexibility index (Phi) is 7.80. The molecule has 0 heterocycles. The summed E-state index contributed by atoms with van der Waals surface area (Å²) < 4.78 is 14.5. The molecule has 0 spiro atoms. The second-order valence-corrected chi connectivity index (χ2v) is 8.80. The Morgan fingerprint density at radius 3 is 2.52 bits per heavy atom. The van der Waals surface area contributed by atoms with E-state index in [1.54, 1.807) is 13.0 Å². The van der Waals surface area contributed by atoms with Gasteiger partial charge >= 0.3 is 5.97 Å². The van der Waals surface area contributed by atoms with Crippen LogP contribution in [0, 0.1) is 17.7 Å². The number of carboxylic acids is 1. The number of nitrogens with one attached hydrogen (secondary N) is 1. The van der Waals surface area contributed by atoms with Gasteiger partial charge in [0.05, 0.1) is 5.56 Å². The van der Waals surface area contributed by atoms with Crippen LogP contribution >= 0.6 is 0 Å². The number of aryl methyl sites for hydroxylation is 1. The summed E-state index contributed by atoms with van der Waals surface area (Å²) in [6.45, 7) is 10.8. The number of hydrogen-bond donors (Lipinski definition) is 2. The Bertz CT molecular complexity index is 752. The molecule has 0 saturated carbocycles. The van der Waals surface area contributed by atoms with Crippen molar-refractivity contribution in [3.8, 4) is 0 Å². The fourth-order valence-electron chi connectivity index (χ4n) is 4.18. The molecule has 0 radical (unpaired) electrons. The average molecular weight is 407 g/mol. The second-order valence-electron chi connectivity index (χ2n) is 8.80. The van der Waals surface area contributed by atoms with E-state index < -0.39 is 23.7 Å². The molecule has 1 amide bonds. The van der Waals surface area contributed by atoms with Crippen molar-refractivity contribution in [1.82, 2.24) is 10.2 Å². The fraction of sp³-hybridized carbons (Fsp3) is 0.652. The maximum absolute atomic E-state index is 14.5. The third-order valence-corrected chi connectivity index (χ3v) is 6.71. The number of hydrogen-bond acceptors (Lipinski definition) is 3. The first-order valence-corrected chi connectivity index (χ1v) is 10.6. The Balaban J connectivity index is 2.13. The lowest BCUT2D eigenvalue weighted by Crippen LogP contribution is -2.49. The van der Waals surface area contributed by atoms with Gasteiger partial charge in [-0.3, -0.25) is 4.79 Å². The average Bonchev–Trinajstić information content (AvgIpc) is 3.03. The van der Waals surface area contributed by atoms with Gasteiger partial charge in [0, 0.05) is 12.6 Å². The summed E-state index contributed by atoms with van der Waals surface area (Å²) in [7, 11) is 1.97. The highest BCUT2D eigenvalue weighted by molar-refractivity contribution is 5.97. The van der Waals surface area contributed by atoms with Crippen LogP contribution in [0.3, 0.4) is 0 Å². The van der Waals surface area contributed by atoms with Gasteiger partial charge in [0.25, 0.3) is 5.91 Å². The zero-order chi connectivity index (χ0) is 21.9. The first-order chi connectivity index (χ1) is 13.6. The van der Waals surface area contributed by atoms with Crippen molar-refractivity contribution < 1.29 is 19.1 Å². The Morgan fingerprint density at radius 2 is 1.93 bits per heavy atom. The molecule has 0 aromatic heterocycles. The molecule has 1 aliphatic carbocycles. The molecule has 2 rings (SSSR count). The topological polar surface area (TPSA) is 69.6 Å². The number of benzene rings is 1. The van der Waals surface area contributed by atoms with Crippen molar-refractivity contribution in [2.75, 3.05) is 13.6 Å². The van der Waals surface area contributed by atoms with Crippen molar-refractivity contribution in [2.45, 2.75) is 71.9 Å². The highest BCUT2D eigenvalue weighted by Gasteiger charge is 2.31. The van der Waals surface area contributed by atoms with Crippen LogP contribution in [0.4, 0.5) is 4.39 Å². The third kappa shape index (κ3) is 5.35. The lowest BCUT2D eigenvalue weighted by atomic mass is 9.96. The second kappa shape index (κ2) is 9.70. The summed E-state index contributed by atoms with van der Waals surface area (Å²) in [5, 5.41) is 12.2. The van der Waals surface area contributed by atoms with Gasteiger partial charge in [0.2, 0.25) is 0 Å². The number of halogens is 1. The number of nitrogens with zero attached hydrogens (tertiary/aromatic N) is 1. The standard InChI is InChI=1S/C23H35FN2O3/c1-7-13(2)16(5)26(6)12-15(4)21(23(28)29)25-22(27)19-11-18-14(3)8-9-17(18)10-20(19)24/h10-11,13-16,21H,7-9,12H2,1-6H3,(H,25,27)(H,28,29). The molecule has 1 aromatic carbocycles. The minimum atomic E-state index is -1.11. The summed E-state index contributed by atoms with van der Waals surface area (Å²) in [5.41, 5.74) is 1.85. The van der Waals surface area contributed by atoms with Gasteiger partial charge in [-0.25, -0.2) is 9.18 Å². The molecule has 162 valence electrons. The fourth-order valence-corrected chi connectivity index (χ4v) is 4.18. The molecule has 1 aliphatic rings. The molecule has 0 fully saturated rings. The van der Waals surface area contributed by atoms with E-state index in [1.807, 2.05) is 7.05 Å². The van der Waals surface area contributed by atoms with Crippen LogP contribution in [-0.4, -0.2) is 47.6 Å². The molecule has 5 nitrogen and oxygen atoms in total. The number of carbonyl (C=O) groups excluding carboxylic acids is 1. The van der Waals surface area contributed by atoms with E-state index in [0.29, 0.717) is 18.5 Å². The van der Waals surface area contributed by atoms with E-state index in [4.69, 9.17) is 0 Å². The van der Waals surface area contributed by atoms with Crippen LogP contribution in [0.15, 0.2) is 12.1 Å². The quantitative estimate of drug-likeness (QED) is 0.649. The minimum absolute atomic E-state index is 0.0720. The summed E-state index contributed by atoms with van der Waals surface area (Å²) in [6, 6.07) is 2.23. The van der Waals surface area contributed by atoms with Crippen LogP contribution in [0.2, 0.25) is 0 Å². The van der Waals surface area contributed by atoms with Crippen LogP contribution in [0.25, 0.3) is 0 Å². The van der Waals surface area contributed by atoms with E-state index in [9.17, 15) is 19.1 Å². The largest absolute Gasteiger partial charge is 0.480 e. The summed E-state index contributed by atoms with van der Waals surface area (Å²) in [4.78, 5) is 26.7. The van der Waals surface area contributed by atoms with Gasteiger partial charge in [0.1, 0.15) is 11.9 Å². The van der Waals surface area contributed by atoms with Gasteiger partial charge in [-0.1, -0.05) is 34.1 Å². The summed E-state index contributed by atoms with van der Waals surface area (Å²) in [5.74, 6) is -1.93. The lowest BCUT2D eigenvalue weighted by Gasteiger charge is -2.33. The predicted octanol–water partition coefficient (Wildman–Crippen LogP) is 4.06. The predicted molar refractivity (Wildman–Crippen MR) is 113 cm³/mol. The molecule has 0 saturated heterocycles. The zero-order valence-corrected chi connectivity index (χ0v) is 18.5. The van der Waals surface area contributed by atoms with Gasteiger partial charge < -0.3 is 15.3 Å². The van der Waals surface area contributed by atoms with Crippen molar-refractivity contribution in [3.63, 3.8) is 0 Å². The first-order valence-electron chi connectivity index (χ1n) is 10.6. The number of carboxylic acid groups (broad SMARTS) is 1. The number of carbonyl (C=O) groups is 2. The van der Waals surface area contributed by atoms with Crippen molar-refractivity contribution >= 4 is 11.9 Å². The highest BCUT2D eigenvalue weighted by Crippen LogP contribution is 2.34. The van der Waals surface area contributed by atoms with E-state index in [-0.39, 0.29) is 17.4 Å². The monoisotopic (exact) mass is 406 g/mol. The van der Waals surface area contributed by atoms with Crippen molar-refractivity contribution in [1.29, 1.82) is 0 Å². The molecule has 1 aromatic rings. The van der Waals surface area contributed by atoms with Crippen LogP contribution in [0.1, 0.15) is 74.9 Å². The summed E-state index contributed by atoms with van der Waals surface area (Å²) in [6.07, 6.45) is 2.79. The first kappa shape index (κ1) is 23.3. The molecule has 0 bridgehead atoms.